The Hall–Kier alpha value is -3.40. The van der Waals surface area contributed by atoms with Crippen molar-refractivity contribution in [2.45, 2.75) is 12.5 Å². The van der Waals surface area contributed by atoms with Gasteiger partial charge in [-0.05, 0) is 42.8 Å². The van der Waals surface area contributed by atoms with Crippen LogP contribution in [-0.2, 0) is 19.4 Å². The van der Waals surface area contributed by atoms with Gasteiger partial charge in [-0.3, -0.25) is 19.3 Å². The summed E-state index contributed by atoms with van der Waals surface area (Å²) in [4.78, 5) is 51.0. The minimum atomic E-state index is -3.52. The third-order valence-electron chi connectivity index (χ3n) is 4.68. The van der Waals surface area contributed by atoms with Gasteiger partial charge in [-0.25, -0.2) is 17.6 Å². The van der Waals surface area contributed by atoms with E-state index in [2.05, 4.69) is 0 Å². The molecule has 2 aromatic rings. The van der Waals surface area contributed by atoms with Gasteiger partial charge in [0, 0.05) is 11.8 Å². The topological polar surface area (TPSA) is 115 Å². The fourth-order valence-electron chi connectivity index (χ4n) is 3.12. The van der Waals surface area contributed by atoms with Gasteiger partial charge in [0.1, 0.15) is 21.7 Å². The molecule has 1 heterocycles. The summed E-state index contributed by atoms with van der Waals surface area (Å²) in [6.45, 7) is -0.719. The molecule has 8 nitrogen and oxygen atoms in total. The van der Waals surface area contributed by atoms with Crippen molar-refractivity contribution in [3.63, 3.8) is 0 Å². The molecule has 0 bridgehead atoms. The van der Waals surface area contributed by atoms with E-state index >= 15 is 0 Å². The van der Waals surface area contributed by atoms with E-state index in [1.54, 1.807) is 12.1 Å². The lowest BCUT2D eigenvalue weighted by molar-refractivity contribution is -0.147. The molecule has 162 valence electrons. The molecule has 0 N–H and O–H groups in total. The Morgan fingerprint density at radius 2 is 1.55 bits per heavy atom. The van der Waals surface area contributed by atoms with E-state index in [0.29, 0.717) is 4.90 Å². The number of halogens is 1. The molecule has 1 atom stereocenters. The van der Waals surface area contributed by atoms with Crippen LogP contribution >= 0.6 is 0 Å². The van der Waals surface area contributed by atoms with Crippen molar-refractivity contribution >= 4 is 33.4 Å². The van der Waals surface area contributed by atoms with E-state index in [-0.39, 0.29) is 23.1 Å². The Bertz CT molecular complexity index is 1120. The Labute approximate surface area is 177 Å². The van der Waals surface area contributed by atoms with Gasteiger partial charge in [0.15, 0.2) is 12.4 Å². The number of nitrogens with zero attached hydrogens (tertiary/aromatic N) is 1. The summed E-state index contributed by atoms with van der Waals surface area (Å²) in [7, 11) is -3.52. The number of hydrogen-bond acceptors (Lipinski definition) is 7. The molecular weight excluding hydrogens is 429 g/mol. The van der Waals surface area contributed by atoms with Crippen molar-refractivity contribution in [3.05, 3.63) is 71.0 Å². The van der Waals surface area contributed by atoms with Gasteiger partial charge < -0.3 is 4.74 Å². The Kier molecular flexibility index (Phi) is 6.30. The SMILES string of the molecule is CS(=O)(=O)CC[C@H](C(=O)OCC(=O)c1ccc(F)cc1)N1C(=O)c2ccccc2C1=O. The summed E-state index contributed by atoms with van der Waals surface area (Å²) in [5.74, 6) is -4.24. The summed E-state index contributed by atoms with van der Waals surface area (Å²) in [5.41, 5.74) is 0.279. The van der Waals surface area contributed by atoms with Crippen LogP contribution in [0.5, 0.6) is 0 Å². The number of rotatable bonds is 8. The predicted molar refractivity (Wildman–Crippen MR) is 107 cm³/mol. The Morgan fingerprint density at radius 3 is 2.06 bits per heavy atom. The molecule has 0 unspecified atom stereocenters. The average Bonchev–Trinajstić information content (AvgIpc) is 2.97. The van der Waals surface area contributed by atoms with Crippen LogP contribution in [-0.4, -0.2) is 61.5 Å². The molecule has 1 aliphatic heterocycles. The highest BCUT2D eigenvalue weighted by molar-refractivity contribution is 7.90. The van der Waals surface area contributed by atoms with Crippen molar-refractivity contribution in [2.75, 3.05) is 18.6 Å². The van der Waals surface area contributed by atoms with Crippen LogP contribution < -0.4 is 0 Å². The number of esters is 1. The Morgan fingerprint density at radius 1 is 1.00 bits per heavy atom. The largest absolute Gasteiger partial charge is 0.456 e. The summed E-state index contributed by atoms with van der Waals surface area (Å²) in [6.07, 6.45) is 0.573. The molecule has 3 rings (SSSR count). The van der Waals surface area contributed by atoms with Gasteiger partial charge in [-0.2, -0.15) is 0 Å². The first-order valence-electron chi connectivity index (χ1n) is 9.18. The molecule has 0 spiro atoms. The van der Waals surface area contributed by atoms with Crippen LogP contribution in [0.3, 0.4) is 0 Å². The first kappa shape index (κ1) is 22.3. The highest BCUT2D eigenvalue weighted by Gasteiger charge is 2.43. The fraction of sp³-hybridized carbons (Fsp3) is 0.238. The molecule has 0 saturated carbocycles. The molecule has 1 aliphatic rings. The number of carbonyl (C=O) groups excluding carboxylic acids is 4. The number of ether oxygens (including phenoxy) is 1. The van der Waals surface area contributed by atoms with E-state index in [9.17, 15) is 32.0 Å². The molecule has 2 aromatic carbocycles. The van der Waals surface area contributed by atoms with Crippen LogP contribution in [0.1, 0.15) is 37.5 Å². The Balaban J connectivity index is 1.79. The van der Waals surface area contributed by atoms with Crippen molar-refractivity contribution in [1.82, 2.24) is 4.90 Å². The predicted octanol–water partition coefficient (Wildman–Crippen LogP) is 1.65. The fourth-order valence-corrected chi connectivity index (χ4v) is 3.77. The van der Waals surface area contributed by atoms with Gasteiger partial charge in [0.05, 0.1) is 16.9 Å². The molecule has 0 fully saturated rings. The third kappa shape index (κ3) is 5.02. The second-order valence-electron chi connectivity index (χ2n) is 7.00. The third-order valence-corrected chi connectivity index (χ3v) is 5.66. The highest BCUT2D eigenvalue weighted by atomic mass is 32.2. The smallest absolute Gasteiger partial charge is 0.329 e. The maximum absolute atomic E-state index is 13.0. The number of amides is 2. The zero-order chi connectivity index (χ0) is 22.8. The number of ketones is 1. The van der Waals surface area contributed by atoms with Crippen LogP contribution in [0, 0.1) is 5.82 Å². The molecular formula is C21H18FNO7S. The van der Waals surface area contributed by atoms with Gasteiger partial charge in [0.2, 0.25) is 0 Å². The second-order valence-corrected chi connectivity index (χ2v) is 9.26. The van der Waals surface area contributed by atoms with Crippen LogP contribution in [0.25, 0.3) is 0 Å². The maximum atomic E-state index is 13.0. The standard InChI is InChI=1S/C21H18FNO7S/c1-31(28,29)11-10-17(23-19(25)15-4-2-3-5-16(15)20(23)26)21(27)30-12-18(24)13-6-8-14(22)9-7-13/h2-9,17H,10-12H2,1H3/t17-/m1/s1. The quantitative estimate of drug-likeness (QED) is 0.343. The van der Waals surface area contributed by atoms with Crippen molar-refractivity contribution in [3.8, 4) is 0 Å². The van der Waals surface area contributed by atoms with Gasteiger partial charge in [-0.1, -0.05) is 12.1 Å². The summed E-state index contributed by atoms with van der Waals surface area (Å²) in [5, 5.41) is 0. The highest BCUT2D eigenvalue weighted by Crippen LogP contribution is 2.26. The normalized spacial score (nSPS) is 14.3. The molecule has 10 heteroatoms. The minimum Gasteiger partial charge on any atom is -0.456 e. The number of imide groups is 1. The number of fused-ring (bicyclic) bond motifs is 1. The van der Waals surface area contributed by atoms with E-state index in [1.807, 2.05) is 0 Å². The summed E-state index contributed by atoms with van der Waals surface area (Å²) >= 11 is 0. The van der Waals surface area contributed by atoms with Crippen molar-refractivity contribution < 1.29 is 36.7 Å². The monoisotopic (exact) mass is 447 g/mol. The van der Waals surface area contributed by atoms with Gasteiger partial charge in [0.25, 0.3) is 11.8 Å². The van der Waals surface area contributed by atoms with Crippen LogP contribution in [0.4, 0.5) is 4.39 Å². The van der Waals surface area contributed by atoms with Crippen molar-refractivity contribution in [2.24, 2.45) is 0 Å². The van der Waals surface area contributed by atoms with E-state index in [1.165, 1.54) is 24.3 Å². The van der Waals surface area contributed by atoms with Crippen LogP contribution in [0.15, 0.2) is 48.5 Å². The zero-order valence-electron chi connectivity index (χ0n) is 16.4. The molecule has 0 saturated heterocycles. The number of benzene rings is 2. The molecule has 0 radical (unpaired) electrons. The number of sulfone groups is 1. The average molecular weight is 447 g/mol. The molecule has 2 amide bonds. The lowest BCUT2D eigenvalue weighted by atomic mass is 10.1. The first-order valence-corrected chi connectivity index (χ1v) is 11.2. The number of hydrogen-bond donors (Lipinski definition) is 0. The summed E-state index contributed by atoms with van der Waals surface area (Å²) in [6, 6.07) is 9.01. The number of Topliss-reactive ketones (excluding diaryl/α,β-unsaturated/α-hetero) is 1. The molecule has 0 aliphatic carbocycles. The lowest BCUT2D eigenvalue weighted by Gasteiger charge is -2.24. The number of carbonyl (C=O) groups is 4. The van der Waals surface area contributed by atoms with Gasteiger partial charge in [-0.15, -0.1) is 0 Å². The van der Waals surface area contributed by atoms with E-state index < -0.39 is 57.6 Å². The zero-order valence-corrected chi connectivity index (χ0v) is 17.2. The van der Waals surface area contributed by atoms with Crippen molar-refractivity contribution in [1.29, 1.82) is 0 Å². The summed E-state index contributed by atoms with van der Waals surface area (Å²) < 4.78 is 41.2. The first-order chi connectivity index (χ1) is 14.6. The van der Waals surface area contributed by atoms with E-state index in [0.717, 1.165) is 18.4 Å². The molecule has 31 heavy (non-hydrogen) atoms. The van der Waals surface area contributed by atoms with Crippen LogP contribution in [0.2, 0.25) is 0 Å². The second kappa shape index (κ2) is 8.76. The lowest BCUT2D eigenvalue weighted by Crippen LogP contribution is -2.46. The minimum absolute atomic E-state index is 0.0899. The van der Waals surface area contributed by atoms with Gasteiger partial charge >= 0.3 is 5.97 Å². The maximum Gasteiger partial charge on any atom is 0.329 e. The van der Waals surface area contributed by atoms with E-state index in [4.69, 9.17) is 4.74 Å². The molecule has 0 aromatic heterocycles.